The van der Waals surface area contributed by atoms with Gasteiger partial charge in [-0.25, -0.2) is 4.98 Å². The minimum Gasteiger partial charge on any atom is -0.438 e. The van der Waals surface area contributed by atoms with Crippen molar-refractivity contribution in [3.8, 4) is 11.6 Å². The van der Waals surface area contributed by atoms with Gasteiger partial charge in [0.25, 0.3) is 0 Å². The second-order valence-corrected chi connectivity index (χ2v) is 5.20. The molecule has 0 aliphatic rings. The predicted molar refractivity (Wildman–Crippen MR) is 78.1 cm³/mol. The smallest absolute Gasteiger partial charge is 0.238 e. The van der Waals surface area contributed by atoms with E-state index in [0.717, 1.165) is 16.8 Å². The molecular weight excluding hydrogens is 362 g/mol. The molecular formula is C12H11Br2N3O. The molecule has 6 heteroatoms. The van der Waals surface area contributed by atoms with Crippen LogP contribution in [0.25, 0.3) is 0 Å². The highest BCUT2D eigenvalue weighted by Gasteiger charge is 2.07. The van der Waals surface area contributed by atoms with Gasteiger partial charge in [-0.05, 0) is 47.1 Å². The molecule has 0 spiro atoms. The fraction of sp³-hybridized carbons (Fsp3) is 0.167. The number of hydrogen-bond donors (Lipinski definition) is 1. The van der Waals surface area contributed by atoms with Crippen molar-refractivity contribution in [2.24, 2.45) is 0 Å². The van der Waals surface area contributed by atoms with Gasteiger partial charge in [0.1, 0.15) is 5.75 Å². The van der Waals surface area contributed by atoms with Crippen molar-refractivity contribution in [3.63, 3.8) is 0 Å². The molecule has 0 amide bonds. The van der Waals surface area contributed by atoms with Crippen LogP contribution in [-0.2, 0) is 0 Å². The SMILES string of the molecule is CCNc1ncc(Br)c(Oc2ccc(Br)cc2)n1. The van der Waals surface area contributed by atoms with Crippen molar-refractivity contribution in [2.45, 2.75) is 6.92 Å². The van der Waals surface area contributed by atoms with Crippen molar-refractivity contribution in [1.29, 1.82) is 0 Å². The van der Waals surface area contributed by atoms with Gasteiger partial charge in [0, 0.05) is 11.0 Å². The van der Waals surface area contributed by atoms with Crippen LogP contribution in [0.2, 0.25) is 0 Å². The summed E-state index contributed by atoms with van der Waals surface area (Å²) < 4.78 is 7.41. The Morgan fingerprint density at radius 2 is 1.94 bits per heavy atom. The van der Waals surface area contributed by atoms with Crippen LogP contribution in [0, 0.1) is 0 Å². The normalized spacial score (nSPS) is 10.2. The van der Waals surface area contributed by atoms with Gasteiger partial charge in [0.05, 0.1) is 10.7 Å². The highest BCUT2D eigenvalue weighted by molar-refractivity contribution is 9.10. The van der Waals surface area contributed by atoms with Crippen LogP contribution in [0.1, 0.15) is 6.92 Å². The molecule has 0 aliphatic carbocycles. The van der Waals surface area contributed by atoms with Crippen LogP contribution in [0.3, 0.4) is 0 Å². The third-order valence-corrected chi connectivity index (χ3v) is 3.15. The Labute approximate surface area is 122 Å². The number of nitrogens with one attached hydrogen (secondary N) is 1. The zero-order chi connectivity index (χ0) is 13.0. The van der Waals surface area contributed by atoms with E-state index in [1.807, 2.05) is 31.2 Å². The third-order valence-electron chi connectivity index (χ3n) is 2.07. The summed E-state index contributed by atoms with van der Waals surface area (Å²) in [6.45, 7) is 2.75. The fourth-order valence-electron chi connectivity index (χ4n) is 1.28. The average Bonchev–Trinajstić information content (AvgIpc) is 2.36. The molecule has 18 heavy (non-hydrogen) atoms. The zero-order valence-electron chi connectivity index (χ0n) is 9.65. The van der Waals surface area contributed by atoms with E-state index < -0.39 is 0 Å². The van der Waals surface area contributed by atoms with Crippen LogP contribution < -0.4 is 10.1 Å². The van der Waals surface area contributed by atoms with Crippen molar-refractivity contribution < 1.29 is 4.74 Å². The standard InChI is InChI=1S/C12H11Br2N3O/c1-2-15-12-16-7-10(14)11(17-12)18-9-5-3-8(13)4-6-9/h3-7H,2H2,1H3,(H,15,16,17). The number of benzene rings is 1. The maximum atomic E-state index is 5.69. The van der Waals surface area contributed by atoms with Gasteiger partial charge in [-0.15, -0.1) is 0 Å². The van der Waals surface area contributed by atoms with Gasteiger partial charge < -0.3 is 10.1 Å². The number of nitrogens with zero attached hydrogens (tertiary/aromatic N) is 2. The van der Waals surface area contributed by atoms with Crippen LogP contribution in [0.5, 0.6) is 11.6 Å². The minimum absolute atomic E-state index is 0.489. The van der Waals surface area contributed by atoms with Crippen molar-refractivity contribution in [1.82, 2.24) is 9.97 Å². The summed E-state index contributed by atoms with van der Waals surface area (Å²) in [5.74, 6) is 1.76. The summed E-state index contributed by atoms with van der Waals surface area (Å²) in [5.41, 5.74) is 0. The zero-order valence-corrected chi connectivity index (χ0v) is 12.8. The fourth-order valence-corrected chi connectivity index (χ4v) is 1.82. The summed E-state index contributed by atoms with van der Waals surface area (Å²) in [6.07, 6.45) is 1.67. The number of halogens is 2. The molecule has 1 aromatic heterocycles. The summed E-state index contributed by atoms with van der Waals surface area (Å²) in [6, 6.07) is 7.56. The van der Waals surface area contributed by atoms with E-state index >= 15 is 0 Å². The van der Waals surface area contributed by atoms with Crippen molar-refractivity contribution in [2.75, 3.05) is 11.9 Å². The predicted octanol–water partition coefficient (Wildman–Crippen LogP) is 4.23. The Bertz CT molecular complexity index is 531. The number of rotatable bonds is 4. The van der Waals surface area contributed by atoms with E-state index in [9.17, 15) is 0 Å². The highest BCUT2D eigenvalue weighted by Crippen LogP contribution is 2.28. The van der Waals surface area contributed by atoms with E-state index in [2.05, 4.69) is 47.1 Å². The molecule has 0 radical (unpaired) electrons. The van der Waals surface area contributed by atoms with Gasteiger partial charge in [-0.3, -0.25) is 0 Å². The molecule has 0 atom stereocenters. The van der Waals surface area contributed by atoms with E-state index in [-0.39, 0.29) is 0 Å². The average molecular weight is 373 g/mol. The lowest BCUT2D eigenvalue weighted by Gasteiger charge is -2.08. The number of anilines is 1. The summed E-state index contributed by atoms with van der Waals surface area (Å²) in [4.78, 5) is 8.40. The van der Waals surface area contributed by atoms with Crippen LogP contribution in [0.15, 0.2) is 39.4 Å². The quantitative estimate of drug-likeness (QED) is 0.872. The Kier molecular flexibility index (Phi) is 4.54. The maximum Gasteiger partial charge on any atom is 0.238 e. The molecule has 2 rings (SSSR count). The Balaban J connectivity index is 2.22. The summed E-state index contributed by atoms with van der Waals surface area (Å²) in [5, 5.41) is 3.04. The van der Waals surface area contributed by atoms with Crippen molar-refractivity contribution in [3.05, 3.63) is 39.4 Å². The number of hydrogen-bond acceptors (Lipinski definition) is 4. The molecule has 0 aliphatic heterocycles. The minimum atomic E-state index is 0.489. The van der Waals surface area contributed by atoms with E-state index in [0.29, 0.717) is 16.3 Å². The Morgan fingerprint density at radius 1 is 1.22 bits per heavy atom. The molecule has 4 nitrogen and oxygen atoms in total. The first-order valence-electron chi connectivity index (χ1n) is 5.39. The summed E-state index contributed by atoms with van der Waals surface area (Å²) >= 11 is 6.74. The Morgan fingerprint density at radius 3 is 2.61 bits per heavy atom. The van der Waals surface area contributed by atoms with Crippen molar-refractivity contribution >= 4 is 37.8 Å². The molecule has 94 valence electrons. The first kappa shape index (κ1) is 13.3. The van der Waals surface area contributed by atoms with Gasteiger partial charge in [-0.1, -0.05) is 15.9 Å². The molecule has 2 aromatic rings. The Hall–Kier alpha value is -1.14. The second kappa shape index (κ2) is 6.15. The van der Waals surface area contributed by atoms with Gasteiger partial charge in [-0.2, -0.15) is 4.98 Å². The summed E-state index contributed by atoms with van der Waals surface area (Å²) in [7, 11) is 0. The third kappa shape index (κ3) is 3.43. The largest absolute Gasteiger partial charge is 0.438 e. The van der Waals surface area contributed by atoms with E-state index in [1.165, 1.54) is 0 Å². The molecule has 0 bridgehead atoms. The molecule has 0 saturated heterocycles. The van der Waals surface area contributed by atoms with Crippen LogP contribution in [-0.4, -0.2) is 16.5 Å². The maximum absolute atomic E-state index is 5.69. The number of aromatic nitrogens is 2. The van der Waals surface area contributed by atoms with Gasteiger partial charge in [0.2, 0.25) is 11.8 Å². The van der Waals surface area contributed by atoms with Crippen LogP contribution >= 0.6 is 31.9 Å². The van der Waals surface area contributed by atoms with Gasteiger partial charge in [0.15, 0.2) is 0 Å². The topological polar surface area (TPSA) is 47.0 Å². The first-order chi connectivity index (χ1) is 8.69. The second-order valence-electron chi connectivity index (χ2n) is 3.43. The molecule has 1 aromatic carbocycles. The number of ether oxygens (including phenoxy) is 1. The van der Waals surface area contributed by atoms with E-state index in [1.54, 1.807) is 6.20 Å². The van der Waals surface area contributed by atoms with E-state index in [4.69, 9.17) is 4.74 Å². The molecule has 0 saturated carbocycles. The lowest BCUT2D eigenvalue weighted by Crippen LogP contribution is -2.02. The van der Waals surface area contributed by atoms with Crippen LogP contribution in [0.4, 0.5) is 5.95 Å². The lowest BCUT2D eigenvalue weighted by atomic mass is 10.3. The highest BCUT2D eigenvalue weighted by atomic mass is 79.9. The molecule has 1 N–H and O–H groups in total. The molecule has 0 fully saturated rings. The molecule has 1 heterocycles. The monoisotopic (exact) mass is 371 g/mol. The lowest BCUT2D eigenvalue weighted by molar-refractivity contribution is 0.459. The van der Waals surface area contributed by atoms with Gasteiger partial charge >= 0.3 is 0 Å². The molecule has 0 unspecified atom stereocenters. The first-order valence-corrected chi connectivity index (χ1v) is 6.97.